The summed E-state index contributed by atoms with van der Waals surface area (Å²) in [6, 6.07) is 0. The summed E-state index contributed by atoms with van der Waals surface area (Å²) in [5.74, 6) is 0. The normalized spacial score (nSPS) is 17.9. The topological polar surface area (TPSA) is 86.9 Å². The molecule has 0 radical (unpaired) electrons. The summed E-state index contributed by atoms with van der Waals surface area (Å²) in [6.45, 7) is 2.64. The number of hydrogen-bond donors (Lipinski definition) is 3. The zero-order valence-corrected chi connectivity index (χ0v) is 13.7. The Kier molecular flexibility index (Phi) is 4.78. The second kappa shape index (κ2) is 6.05. The molecule has 1 heterocycles. The van der Waals surface area contributed by atoms with Crippen LogP contribution in [-0.4, -0.2) is 43.2 Å². The zero-order chi connectivity index (χ0) is 14.8. The predicted molar refractivity (Wildman–Crippen MR) is 81.4 cm³/mol. The van der Waals surface area contributed by atoms with Crippen LogP contribution in [0, 0.1) is 6.92 Å². The van der Waals surface area contributed by atoms with Crippen LogP contribution in [0.4, 0.5) is 0 Å². The molecule has 20 heavy (non-hydrogen) atoms. The van der Waals surface area contributed by atoms with Gasteiger partial charge in [-0.1, -0.05) is 6.42 Å². The molecule has 0 bridgehead atoms. The highest BCUT2D eigenvalue weighted by Crippen LogP contribution is 2.42. The summed E-state index contributed by atoms with van der Waals surface area (Å²) in [5.41, 5.74) is 1.11. The summed E-state index contributed by atoms with van der Waals surface area (Å²) in [7, 11) is -1.75. The third kappa shape index (κ3) is 3.03. The van der Waals surface area contributed by atoms with Crippen LogP contribution in [0.2, 0.25) is 0 Å². The Morgan fingerprint density at radius 3 is 2.65 bits per heavy atom. The first-order valence-electron chi connectivity index (χ1n) is 6.67. The van der Waals surface area contributed by atoms with Crippen LogP contribution < -0.4 is 10.0 Å². The van der Waals surface area contributed by atoms with Gasteiger partial charge in [-0.2, -0.15) is 16.9 Å². The van der Waals surface area contributed by atoms with Gasteiger partial charge in [-0.05, 0) is 33.1 Å². The molecule has 3 N–H and O–H groups in total. The highest BCUT2D eigenvalue weighted by atomic mass is 32.2. The number of sulfonamides is 1. The molecule has 6 nitrogen and oxygen atoms in total. The molecule has 1 aromatic rings. The first-order valence-corrected chi connectivity index (χ1v) is 9.38. The van der Waals surface area contributed by atoms with Crippen molar-refractivity contribution in [1.29, 1.82) is 0 Å². The van der Waals surface area contributed by atoms with Crippen molar-refractivity contribution in [2.75, 3.05) is 19.8 Å². The largest absolute Gasteiger partial charge is 0.314 e. The number of rotatable bonds is 7. The van der Waals surface area contributed by atoms with E-state index in [4.69, 9.17) is 0 Å². The van der Waals surface area contributed by atoms with Gasteiger partial charge < -0.3 is 5.32 Å². The van der Waals surface area contributed by atoms with E-state index in [1.807, 2.05) is 6.26 Å². The van der Waals surface area contributed by atoms with Crippen LogP contribution in [-0.2, 0) is 16.6 Å². The van der Waals surface area contributed by atoms with Crippen molar-refractivity contribution in [1.82, 2.24) is 20.2 Å². The van der Waals surface area contributed by atoms with E-state index >= 15 is 0 Å². The third-order valence-electron chi connectivity index (χ3n) is 3.86. The van der Waals surface area contributed by atoms with E-state index in [-0.39, 0.29) is 9.64 Å². The van der Waals surface area contributed by atoms with Gasteiger partial charge in [-0.25, -0.2) is 13.1 Å². The Balaban J connectivity index is 2.16. The molecule has 1 aromatic heterocycles. The minimum atomic E-state index is -3.52. The van der Waals surface area contributed by atoms with Crippen molar-refractivity contribution in [3.63, 3.8) is 0 Å². The van der Waals surface area contributed by atoms with Crippen molar-refractivity contribution >= 4 is 21.8 Å². The van der Waals surface area contributed by atoms with E-state index in [0.29, 0.717) is 24.5 Å². The Labute approximate surface area is 124 Å². The number of aromatic nitrogens is 2. The monoisotopic (exact) mass is 318 g/mol. The highest BCUT2D eigenvalue weighted by molar-refractivity contribution is 8.00. The van der Waals surface area contributed by atoms with Gasteiger partial charge in [-0.3, -0.25) is 5.10 Å². The molecule has 1 fully saturated rings. The number of nitrogens with one attached hydrogen (secondary N) is 3. The molecule has 0 saturated heterocycles. The smallest absolute Gasteiger partial charge is 0.244 e. The molecule has 114 valence electrons. The molecule has 0 aromatic carbocycles. The Hall–Kier alpha value is -0.570. The van der Waals surface area contributed by atoms with Crippen LogP contribution >= 0.6 is 11.8 Å². The number of nitrogens with zero attached hydrogens (tertiary/aromatic N) is 1. The van der Waals surface area contributed by atoms with E-state index in [9.17, 15) is 8.42 Å². The highest BCUT2D eigenvalue weighted by Gasteiger charge is 2.37. The second-order valence-electron chi connectivity index (χ2n) is 5.22. The van der Waals surface area contributed by atoms with Gasteiger partial charge in [0.2, 0.25) is 10.0 Å². The Bertz CT molecular complexity index is 559. The molecule has 0 amide bonds. The number of aryl methyl sites for hydroxylation is 1. The second-order valence-corrected chi connectivity index (χ2v) is 8.20. The summed E-state index contributed by atoms with van der Waals surface area (Å²) in [4.78, 5) is 0.280. The van der Waals surface area contributed by atoms with E-state index in [1.165, 1.54) is 6.42 Å². The fourth-order valence-corrected chi connectivity index (χ4v) is 4.93. The molecular formula is C12H22N4O2S2. The standard InChI is InChI=1S/C12H22N4O2S2/c1-9-11(10(7-13-2)16-15-9)20(17,18)14-8-12(19-3)5-4-6-12/h13-14H,4-8H2,1-3H3,(H,15,16). The van der Waals surface area contributed by atoms with E-state index in [0.717, 1.165) is 12.8 Å². The lowest BCUT2D eigenvalue weighted by molar-refractivity contribution is 0.361. The molecule has 0 spiro atoms. The number of aromatic amines is 1. The van der Waals surface area contributed by atoms with E-state index in [1.54, 1.807) is 25.7 Å². The quantitative estimate of drug-likeness (QED) is 0.698. The maximum absolute atomic E-state index is 12.5. The van der Waals surface area contributed by atoms with Gasteiger partial charge in [0.1, 0.15) is 4.90 Å². The van der Waals surface area contributed by atoms with Crippen LogP contribution in [0.3, 0.4) is 0 Å². The summed E-state index contributed by atoms with van der Waals surface area (Å²) >= 11 is 1.75. The summed E-state index contributed by atoms with van der Waals surface area (Å²) < 4.78 is 27.8. The average molecular weight is 318 g/mol. The Morgan fingerprint density at radius 2 is 2.15 bits per heavy atom. The lowest BCUT2D eigenvalue weighted by Gasteiger charge is -2.40. The summed E-state index contributed by atoms with van der Waals surface area (Å²) in [6.07, 6.45) is 5.37. The maximum atomic E-state index is 12.5. The van der Waals surface area contributed by atoms with Crippen LogP contribution in [0.1, 0.15) is 30.7 Å². The fraction of sp³-hybridized carbons (Fsp3) is 0.750. The van der Waals surface area contributed by atoms with Crippen molar-refractivity contribution < 1.29 is 8.42 Å². The number of H-pyrrole nitrogens is 1. The number of hydrogen-bond acceptors (Lipinski definition) is 5. The molecular weight excluding hydrogens is 296 g/mol. The lowest BCUT2D eigenvalue weighted by atomic mass is 9.84. The van der Waals surface area contributed by atoms with Crippen LogP contribution in [0.15, 0.2) is 4.90 Å². The van der Waals surface area contributed by atoms with Crippen molar-refractivity contribution in [2.45, 2.75) is 42.4 Å². The van der Waals surface area contributed by atoms with Crippen LogP contribution in [0.25, 0.3) is 0 Å². The van der Waals surface area contributed by atoms with Crippen molar-refractivity contribution in [3.05, 3.63) is 11.4 Å². The van der Waals surface area contributed by atoms with Gasteiger partial charge in [0, 0.05) is 17.8 Å². The van der Waals surface area contributed by atoms with Gasteiger partial charge in [0.05, 0.1) is 11.4 Å². The van der Waals surface area contributed by atoms with Crippen LogP contribution in [0.5, 0.6) is 0 Å². The first kappa shape index (κ1) is 15.8. The third-order valence-corrected chi connectivity index (χ3v) is 6.88. The molecule has 1 saturated carbocycles. The SMILES string of the molecule is CNCc1n[nH]c(C)c1S(=O)(=O)NCC1(SC)CCC1. The van der Waals surface area contributed by atoms with Crippen molar-refractivity contribution in [3.8, 4) is 0 Å². The minimum absolute atomic E-state index is 0.0773. The molecule has 0 unspecified atom stereocenters. The van der Waals surface area contributed by atoms with Gasteiger partial charge in [0.15, 0.2) is 0 Å². The molecule has 1 aliphatic rings. The Morgan fingerprint density at radius 1 is 1.45 bits per heavy atom. The molecule has 8 heteroatoms. The van der Waals surface area contributed by atoms with Crippen molar-refractivity contribution in [2.24, 2.45) is 0 Å². The number of thioether (sulfide) groups is 1. The fourth-order valence-electron chi connectivity index (χ4n) is 2.44. The van der Waals surface area contributed by atoms with Gasteiger partial charge in [-0.15, -0.1) is 0 Å². The molecule has 1 aliphatic carbocycles. The van der Waals surface area contributed by atoms with E-state index in [2.05, 4.69) is 20.2 Å². The summed E-state index contributed by atoms with van der Waals surface area (Å²) in [5, 5.41) is 9.75. The first-order chi connectivity index (χ1) is 9.44. The van der Waals surface area contributed by atoms with Gasteiger partial charge >= 0.3 is 0 Å². The molecule has 2 rings (SSSR count). The maximum Gasteiger partial charge on any atom is 0.244 e. The lowest BCUT2D eigenvalue weighted by Crippen LogP contribution is -2.45. The molecule has 0 atom stereocenters. The van der Waals surface area contributed by atoms with Gasteiger partial charge in [0.25, 0.3) is 0 Å². The molecule has 0 aliphatic heterocycles. The zero-order valence-electron chi connectivity index (χ0n) is 12.1. The van der Waals surface area contributed by atoms with E-state index < -0.39 is 10.0 Å². The minimum Gasteiger partial charge on any atom is -0.314 e. The predicted octanol–water partition coefficient (Wildman–Crippen LogP) is 1.00. The average Bonchev–Trinajstić information content (AvgIpc) is 2.71.